The van der Waals surface area contributed by atoms with Crippen LogP contribution >= 0.6 is 0 Å². The Hall–Kier alpha value is -2.31. The molecule has 0 radical (unpaired) electrons. The molecule has 2 atom stereocenters. The molecule has 1 fully saturated rings. The minimum absolute atomic E-state index is 0.0911. The van der Waals surface area contributed by atoms with Crippen molar-refractivity contribution >= 4 is 19.2 Å². The Kier molecular flexibility index (Phi) is 9.25. The molecule has 1 N–H and O–H groups in total. The second kappa shape index (κ2) is 12.2. The van der Waals surface area contributed by atoms with Gasteiger partial charge in [0.15, 0.2) is 6.23 Å². The summed E-state index contributed by atoms with van der Waals surface area (Å²) in [5.74, 6) is 0.855. The van der Waals surface area contributed by atoms with E-state index in [0.717, 1.165) is 48.2 Å². The highest BCUT2D eigenvalue weighted by Crippen LogP contribution is 2.39. The molecule has 1 aromatic carbocycles. The number of rotatable bonds is 12. The van der Waals surface area contributed by atoms with Crippen LogP contribution in [-0.2, 0) is 20.8 Å². The van der Waals surface area contributed by atoms with Crippen LogP contribution in [0.25, 0.3) is 22.3 Å². The number of benzene rings is 1. The number of hydrogen-bond acceptors (Lipinski definition) is 8. The normalized spacial score (nSPS) is 17.7. The average molecular weight is 546 g/mol. The minimum atomic E-state index is -2.00. The van der Waals surface area contributed by atoms with E-state index < -0.39 is 14.4 Å². The van der Waals surface area contributed by atoms with Gasteiger partial charge in [-0.25, -0.2) is 4.68 Å². The van der Waals surface area contributed by atoms with Crippen LogP contribution in [0.5, 0.6) is 5.75 Å². The van der Waals surface area contributed by atoms with Gasteiger partial charge in [-0.3, -0.25) is 0 Å². The van der Waals surface area contributed by atoms with E-state index in [1.807, 2.05) is 10.7 Å². The average Bonchev–Trinajstić information content (AvgIpc) is 3.47. The van der Waals surface area contributed by atoms with Crippen molar-refractivity contribution in [3.05, 3.63) is 24.4 Å². The summed E-state index contributed by atoms with van der Waals surface area (Å²) in [5.41, 5.74) is 2.48. The molecule has 4 rings (SSSR count). The van der Waals surface area contributed by atoms with Crippen LogP contribution in [0.4, 0.5) is 0 Å². The van der Waals surface area contributed by atoms with Crippen LogP contribution in [0.2, 0.25) is 18.1 Å². The number of hydrogen-bond donors (Lipinski definition) is 1. The molecule has 210 valence electrons. The van der Waals surface area contributed by atoms with Crippen molar-refractivity contribution in [1.29, 1.82) is 0 Å². The van der Waals surface area contributed by atoms with E-state index in [1.54, 1.807) is 17.9 Å². The van der Waals surface area contributed by atoms with Crippen LogP contribution in [0.3, 0.4) is 0 Å². The molecule has 0 bridgehead atoms. The summed E-state index contributed by atoms with van der Waals surface area (Å²) in [4.78, 5) is 1.63. The number of aliphatic hydroxyl groups is 1. The van der Waals surface area contributed by atoms with Crippen molar-refractivity contribution in [2.75, 3.05) is 33.0 Å². The smallest absolute Gasteiger partial charge is 0.250 e. The van der Waals surface area contributed by atoms with Crippen molar-refractivity contribution in [2.45, 2.75) is 84.0 Å². The second-order valence-electron chi connectivity index (χ2n) is 11.5. The molecule has 38 heavy (non-hydrogen) atoms. The zero-order valence-corrected chi connectivity index (χ0v) is 24.6. The van der Waals surface area contributed by atoms with E-state index in [0.29, 0.717) is 38.7 Å². The molecule has 0 aliphatic carbocycles. The van der Waals surface area contributed by atoms with Crippen molar-refractivity contribution in [2.24, 2.45) is 0 Å². The first-order valence-electron chi connectivity index (χ1n) is 13.6. The minimum Gasteiger partial charge on any atom is -0.543 e. The van der Waals surface area contributed by atoms with Crippen molar-refractivity contribution < 1.29 is 23.7 Å². The fourth-order valence-corrected chi connectivity index (χ4v) is 5.11. The molecular formula is C27H43N5O5Si. The molecule has 2 unspecified atom stereocenters. The summed E-state index contributed by atoms with van der Waals surface area (Å²) < 4.78 is 25.6. The number of fused-ring (bicyclic) bond motifs is 1. The largest absolute Gasteiger partial charge is 0.543 e. The molecule has 11 heteroatoms. The van der Waals surface area contributed by atoms with E-state index in [1.165, 1.54) is 0 Å². The lowest BCUT2D eigenvalue weighted by Gasteiger charge is -2.36. The third-order valence-corrected chi connectivity index (χ3v) is 11.6. The third-order valence-electron chi connectivity index (χ3n) is 7.23. The zero-order valence-electron chi connectivity index (χ0n) is 23.6. The first kappa shape index (κ1) is 28.7. The van der Waals surface area contributed by atoms with Gasteiger partial charge in [0.25, 0.3) is 0 Å². The third kappa shape index (κ3) is 7.00. The van der Waals surface area contributed by atoms with Crippen molar-refractivity contribution in [3.63, 3.8) is 0 Å². The zero-order chi connectivity index (χ0) is 27.3. The first-order chi connectivity index (χ1) is 18.0. The standard InChI is InChI=1S/C27H43N5O5Si/c1-20(33)19-35-16-15-34-14-12-31-28-18-23(29-31)26-22-17-21(37-38(5,6)27(2,3)4)10-11-24(22)32(30-26)25-9-7-8-13-36-25/h10-11,17-18,20,25,33H,7-9,12-16,19H2,1-6H3. The fraction of sp³-hybridized carbons (Fsp3) is 0.667. The van der Waals surface area contributed by atoms with Crippen LogP contribution in [0.15, 0.2) is 24.4 Å². The maximum Gasteiger partial charge on any atom is 0.250 e. The van der Waals surface area contributed by atoms with E-state index >= 15 is 0 Å². The number of ether oxygens (including phenoxy) is 3. The van der Waals surface area contributed by atoms with Gasteiger partial charge in [0.1, 0.15) is 17.1 Å². The fourth-order valence-electron chi connectivity index (χ4n) is 4.09. The molecular weight excluding hydrogens is 502 g/mol. The van der Waals surface area contributed by atoms with Crippen LogP contribution in [-0.4, -0.2) is 77.3 Å². The molecule has 0 spiro atoms. The molecule has 0 amide bonds. The predicted octanol–water partition coefficient (Wildman–Crippen LogP) is 4.79. The number of aromatic nitrogens is 5. The molecule has 10 nitrogen and oxygen atoms in total. The van der Waals surface area contributed by atoms with Crippen molar-refractivity contribution in [3.8, 4) is 17.1 Å². The summed E-state index contributed by atoms with van der Waals surface area (Å²) in [7, 11) is -2.00. The van der Waals surface area contributed by atoms with Gasteiger partial charge in [-0.2, -0.15) is 20.1 Å². The van der Waals surface area contributed by atoms with Gasteiger partial charge in [0.2, 0.25) is 8.32 Å². The quantitative estimate of drug-likeness (QED) is 0.256. The van der Waals surface area contributed by atoms with Gasteiger partial charge in [-0.1, -0.05) is 20.8 Å². The van der Waals surface area contributed by atoms with Gasteiger partial charge in [-0.05, 0) is 62.5 Å². The van der Waals surface area contributed by atoms with E-state index in [4.69, 9.17) is 28.8 Å². The molecule has 2 aromatic heterocycles. The number of aliphatic hydroxyl groups excluding tert-OH is 1. The highest BCUT2D eigenvalue weighted by atomic mass is 28.4. The highest BCUT2D eigenvalue weighted by molar-refractivity contribution is 6.74. The Morgan fingerprint density at radius 1 is 1.13 bits per heavy atom. The Morgan fingerprint density at radius 3 is 2.63 bits per heavy atom. The maximum atomic E-state index is 9.23. The van der Waals surface area contributed by atoms with E-state index in [9.17, 15) is 5.11 Å². The molecule has 1 aliphatic heterocycles. The Balaban J connectivity index is 1.54. The first-order valence-corrected chi connectivity index (χ1v) is 16.5. The monoisotopic (exact) mass is 545 g/mol. The van der Waals surface area contributed by atoms with Gasteiger partial charge in [0, 0.05) is 12.0 Å². The molecule has 3 heterocycles. The highest BCUT2D eigenvalue weighted by Gasteiger charge is 2.39. The summed E-state index contributed by atoms with van der Waals surface area (Å²) in [5, 5.41) is 24.5. The Labute approximate surface area is 226 Å². The van der Waals surface area contributed by atoms with Crippen LogP contribution in [0.1, 0.15) is 53.2 Å². The molecule has 1 saturated heterocycles. The van der Waals surface area contributed by atoms with Gasteiger partial charge >= 0.3 is 0 Å². The van der Waals surface area contributed by atoms with Gasteiger partial charge < -0.3 is 23.7 Å². The van der Waals surface area contributed by atoms with Crippen LogP contribution < -0.4 is 4.43 Å². The van der Waals surface area contributed by atoms with Gasteiger partial charge in [0.05, 0.1) is 50.8 Å². The molecule has 1 aliphatic rings. The summed E-state index contributed by atoms with van der Waals surface area (Å²) in [6, 6.07) is 6.23. The van der Waals surface area contributed by atoms with Crippen molar-refractivity contribution in [1.82, 2.24) is 24.8 Å². The molecule has 0 saturated carbocycles. The summed E-state index contributed by atoms with van der Waals surface area (Å²) in [6.45, 7) is 15.8. The Bertz CT molecular complexity index is 1180. The lowest BCUT2D eigenvalue weighted by molar-refractivity contribution is -0.0365. The lowest BCUT2D eigenvalue weighted by atomic mass is 10.1. The lowest BCUT2D eigenvalue weighted by Crippen LogP contribution is -2.43. The number of nitrogens with zero attached hydrogens (tertiary/aromatic N) is 5. The summed E-state index contributed by atoms with van der Waals surface area (Å²) >= 11 is 0. The van der Waals surface area contributed by atoms with E-state index in [-0.39, 0.29) is 11.3 Å². The topological polar surface area (TPSA) is 106 Å². The molecule has 3 aromatic rings. The Morgan fingerprint density at radius 2 is 1.92 bits per heavy atom. The second-order valence-corrected chi connectivity index (χ2v) is 16.2. The summed E-state index contributed by atoms with van der Waals surface area (Å²) in [6.07, 6.45) is 4.32. The van der Waals surface area contributed by atoms with Crippen LogP contribution in [0, 0.1) is 0 Å². The SMILES string of the molecule is CC(O)COCCOCCn1ncc(-c2nn(C3CCCCO3)c3ccc(O[Si](C)(C)C(C)(C)C)cc23)n1. The van der Waals surface area contributed by atoms with Gasteiger partial charge in [-0.15, -0.1) is 0 Å². The van der Waals surface area contributed by atoms with E-state index in [2.05, 4.69) is 51.1 Å². The maximum absolute atomic E-state index is 9.23. The predicted molar refractivity (Wildman–Crippen MR) is 149 cm³/mol.